The van der Waals surface area contributed by atoms with Gasteiger partial charge in [0.1, 0.15) is 6.04 Å². The molecule has 2 amide bonds. The molecule has 0 spiro atoms. The minimum absolute atomic E-state index is 0.0325. The van der Waals surface area contributed by atoms with Gasteiger partial charge in [-0.05, 0) is 24.8 Å². The Kier molecular flexibility index (Phi) is 3.78. The number of thiophene rings is 1. The zero-order valence-corrected chi connectivity index (χ0v) is 10.6. The molecule has 1 unspecified atom stereocenters. The highest BCUT2D eigenvalue weighted by Crippen LogP contribution is 2.23. The average Bonchev–Trinajstić information content (AvgIpc) is 2.91. The first-order valence-corrected chi connectivity index (χ1v) is 6.70. The first kappa shape index (κ1) is 12.1. The molecule has 0 bridgehead atoms. The third-order valence-electron chi connectivity index (χ3n) is 2.89. The molecule has 1 atom stereocenters. The predicted octanol–water partition coefficient (Wildman–Crippen LogP) is 1.38. The Hall–Kier alpha value is -1.36. The van der Waals surface area contributed by atoms with Gasteiger partial charge in [-0.2, -0.15) is 0 Å². The van der Waals surface area contributed by atoms with Crippen LogP contribution >= 0.6 is 11.3 Å². The van der Waals surface area contributed by atoms with Crippen molar-refractivity contribution in [2.75, 3.05) is 6.54 Å². The Labute approximate surface area is 105 Å². The number of likely N-dealkylation sites (tertiary alicyclic amines) is 1. The molecule has 17 heavy (non-hydrogen) atoms. The summed E-state index contributed by atoms with van der Waals surface area (Å²) in [5, 5.41) is 4.77. The van der Waals surface area contributed by atoms with E-state index in [1.54, 1.807) is 16.2 Å². The molecule has 1 aromatic heterocycles. The van der Waals surface area contributed by atoms with Crippen LogP contribution in [-0.2, 0) is 16.1 Å². The summed E-state index contributed by atoms with van der Waals surface area (Å²) >= 11 is 1.61. The number of hydrogen-bond donors (Lipinski definition) is 1. The van der Waals surface area contributed by atoms with E-state index in [2.05, 4.69) is 5.32 Å². The van der Waals surface area contributed by atoms with Crippen LogP contribution in [0.2, 0.25) is 0 Å². The summed E-state index contributed by atoms with van der Waals surface area (Å²) in [6.07, 6.45) is 1.11. The van der Waals surface area contributed by atoms with Gasteiger partial charge < -0.3 is 10.2 Å². The van der Waals surface area contributed by atoms with Crippen LogP contribution < -0.4 is 5.32 Å². The van der Waals surface area contributed by atoms with Crippen molar-refractivity contribution in [1.82, 2.24) is 10.2 Å². The summed E-state index contributed by atoms with van der Waals surface area (Å²) in [6, 6.07) is 3.66. The molecular formula is C12H16N2O2S. The third-order valence-corrected chi connectivity index (χ3v) is 3.75. The molecule has 4 nitrogen and oxygen atoms in total. The largest absolute Gasteiger partial charge is 0.355 e. The minimum Gasteiger partial charge on any atom is -0.355 e. The molecule has 0 radical (unpaired) electrons. The van der Waals surface area contributed by atoms with Gasteiger partial charge in [-0.1, -0.05) is 6.07 Å². The summed E-state index contributed by atoms with van der Waals surface area (Å²) in [5.74, 6) is 0.0459. The van der Waals surface area contributed by atoms with E-state index in [0.717, 1.165) is 4.88 Å². The number of hydrogen-bond acceptors (Lipinski definition) is 3. The van der Waals surface area contributed by atoms with Crippen molar-refractivity contribution in [2.24, 2.45) is 0 Å². The van der Waals surface area contributed by atoms with Gasteiger partial charge in [0.05, 0.1) is 6.54 Å². The molecule has 0 saturated carbocycles. The van der Waals surface area contributed by atoms with Gasteiger partial charge in [0, 0.05) is 17.8 Å². The number of rotatable bonds is 4. The van der Waals surface area contributed by atoms with Gasteiger partial charge in [-0.15, -0.1) is 11.3 Å². The van der Waals surface area contributed by atoms with Crippen LogP contribution in [-0.4, -0.2) is 29.3 Å². The maximum absolute atomic E-state index is 11.8. The number of nitrogens with one attached hydrogen (secondary N) is 1. The van der Waals surface area contributed by atoms with Gasteiger partial charge >= 0.3 is 0 Å². The molecule has 2 rings (SSSR count). The highest BCUT2D eigenvalue weighted by molar-refractivity contribution is 7.09. The van der Waals surface area contributed by atoms with E-state index in [0.29, 0.717) is 25.9 Å². The maximum atomic E-state index is 11.8. The summed E-state index contributed by atoms with van der Waals surface area (Å²) in [6.45, 7) is 3.05. The third kappa shape index (κ3) is 2.66. The monoisotopic (exact) mass is 252 g/mol. The number of amides is 2. The standard InChI is InChI=1S/C12H16N2O2S/c1-2-13-12(16)10-5-6-11(15)14(10)8-9-4-3-7-17-9/h3-4,7,10H,2,5-6,8H2,1H3,(H,13,16). The molecule has 0 aliphatic carbocycles. The second-order valence-corrected chi connectivity index (χ2v) is 5.08. The summed E-state index contributed by atoms with van der Waals surface area (Å²) in [7, 11) is 0. The number of carbonyl (C=O) groups excluding carboxylic acids is 2. The van der Waals surface area contributed by atoms with Crippen molar-refractivity contribution >= 4 is 23.2 Å². The van der Waals surface area contributed by atoms with Crippen molar-refractivity contribution in [3.05, 3.63) is 22.4 Å². The van der Waals surface area contributed by atoms with Crippen LogP contribution in [0.15, 0.2) is 17.5 Å². The maximum Gasteiger partial charge on any atom is 0.242 e. The normalized spacial score (nSPS) is 19.7. The molecule has 1 aliphatic rings. The lowest BCUT2D eigenvalue weighted by molar-refractivity contribution is -0.135. The van der Waals surface area contributed by atoms with Gasteiger partial charge in [-0.3, -0.25) is 9.59 Å². The molecule has 1 aliphatic heterocycles. The minimum atomic E-state index is -0.287. The van der Waals surface area contributed by atoms with Crippen molar-refractivity contribution < 1.29 is 9.59 Å². The van der Waals surface area contributed by atoms with E-state index in [1.807, 2.05) is 24.4 Å². The Morgan fingerprint density at radius 2 is 2.47 bits per heavy atom. The van der Waals surface area contributed by atoms with Gasteiger partial charge in [0.15, 0.2) is 0 Å². The molecule has 1 aromatic rings. The fourth-order valence-corrected chi connectivity index (χ4v) is 2.77. The Bertz CT molecular complexity index is 403. The first-order valence-electron chi connectivity index (χ1n) is 5.82. The van der Waals surface area contributed by atoms with Crippen LogP contribution in [0.4, 0.5) is 0 Å². The van der Waals surface area contributed by atoms with Crippen molar-refractivity contribution in [1.29, 1.82) is 0 Å². The second-order valence-electron chi connectivity index (χ2n) is 4.05. The van der Waals surface area contributed by atoms with Crippen LogP contribution in [0.1, 0.15) is 24.6 Å². The summed E-state index contributed by atoms with van der Waals surface area (Å²) in [4.78, 5) is 26.4. The fourth-order valence-electron chi connectivity index (χ4n) is 2.07. The lowest BCUT2D eigenvalue weighted by atomic mass is 10.2. The van der Waals surface area contributed by atoms with E-state index in [9.17, 15) is 9.59 Å². The van der Waals surface area contributed by atoms with Crippen molar-refractivity contribution in [3.63, 3.8) is 0 Å². The van der Waals surface area contributed by atoms with Crippen LogP contribution in [0.25, 0.3) is 0 Å². The van der Waals surface area contributed by atoms with Crippen molar-refractivity contribution in [3.8, 4) is 0 Å². The van der Waals surface area contributed by atoms with Crippen LogP contribution in [0, 0.1) is 0 Å². The molecule has 2 heterocycles. The Morgan fingerprint density at radius 1 is 1.65 bits per heavy atom. The molecule has 92 valence electrons. The Morgan fingerprint density at radius 3 is 3.12 bits per heavy atom. The molecule has 1 fully saturated rings. The molecule has 5 heteroatoms. The summed E-state index contributed by atoms with van der Waals surface area (Å²) < 4.78 is 0. The quantitative estimate of drug-likeness (QED) is 0.880. The number of nitrogens with zero attached hydrogens (tertiary/aromatic N) is 1. The lowest BCUT2D eigenvalue weighted by Gasteiger charge is -2.23. The smallest absolute Gasteiger partial charge is 0.242 e. The zero-order valence-electron chi connectivity index (χ0n) is 9.81. The number of carbonyl (C=O) groups is 2. The summed E-state index contributed by atoms with van der Waals surface area (Å²) in [5.41, 5.74) is 0. The highest BCUT2D eigenvalue weighted by Gasteiger charge is 2.35. The SMILES string of the molecule is CCNC(=O)C1CCC(=O)N1Cc1cccs1. The van der Waals surface area contributed by atoms with E-state index < -0.39 is 0 Å². The molecule has 1 N–H and O–H groups in total. The van der Waals surface area contributed by atoms with Gasteiger partial charge in [0.25, 0.3) is 0 Å². The highest BCUT2D eigenvalue weighted by atomic mass is 32.1. The van der Waals surface area contributed by atoms with E-state index in [1.165, 1.54) is 0 Å². The molecule has 0 aromatic carbocycles. The number of likely N-dealkylation sites (N-methyl/N-ethyl adjacent to an activating group) is 1. The van der Waals surface area contributed by atoms with E-state index in [4.69, 9.17) is 0 Å². The molecule has 1 saturated heterocycles. The first-order chi connectivity index (χ1) is 8.22. The fraction of sp³-hybridized carbons (Fsp3) is 0.500. The average molecular weight is 252 g/mol. The van der Waals surface area contributed by atoms with Crippen LogP contribution in [0.3, 0.4) is 0 Å². The van der Waals surface area contributed by atoms with Gasteiger partial charge in [0.2, 0.25) is 11.8 Å². The van der Waals surface area contributed by atoms with E-state index in [-0.39, 0.29) is 17.9 Å². The predicted molar refractivity (Wildman–Crippen MR) is 66.6 cm³/mol. The Balaban J connectivity index is 2.06. The van der Waals surface area contributed by atoms with E-state index >= 15 is 0 Å². The topological polar surface area (TPSA) is 49.4 Å². The van der Waals surface area contributed by atoms with Crippen LogP contribution in [0.5, 0.6) is 0 Å². The lowest BCUT2D eigenvalue weighted by Crippen LogP contribution is -2.44. The van der Waals surface area contributed by atoms with Gasteiger partial charge in [-0.25, -0.2) is 0 Å². The second kappa shape index (κ2) is 5.31. The van der Waals surface area contributed by atoms with Crippen molar-refractivity contribution in [2.45, 2.75) is 32.4 Å². The zero-order chi connectivity index (χ0) is 12.3. The molecular weight excluding hydrogens is 236 g/mol.